The maximum atomic E-state index is 13.1. The number of hydrogen-bond donors (Lipinski definition) is 7. The Balaban J connectivity index is 0.000000156. The van der Waals surface area contributed by atoms with Gasteiger partial charge in [0, 0.05) is 96.4 Å². The van der Waals surface area contributed by atoms with E-state index in [0.717, 1.165) is 36.0 Å². The van der Waals surface area contributed by atoms with E-state index < -0.39 is 29.3 Å². The van der Waals surface area contributed by atoms with Gasteiger partial charge in [-0.3, -0.25) is 53.3 Å². The topological polar surface area (TPSA) is 426 Å². The number of ether oxygens (including phenoxy) is 5. The number of fused-ring (bicyclic) bond motifs is 7. The van der Waals surface area contributed by atoms with E-state index in [9.17, 15) is 38.4 Å². The minimum atomic E-state index is -0.715. The van der Waals surface area contributed by atoms with Crippen LogP contribution >= 0.6 is 11.6 Å². The Labute approximate surface area is 642 Å². The summed E-state index contributed by atoms with van der Waals surface area (Å²) in [6.45, 7) is 19.6. The van der Waals surface area contributed by atoms with Crippen molar-refractivity contribution in [1.29, 1.82) is 0 Å². The molecule has 0 aromatic carbocycles. The lowest BCUT2D eigenvalue weighted by Crippen LogP contribution is -2.36. The third kappa shape index (κ3) is 18.8. The number of hydrogen-bond acceptors (Lipinski definition) is 26. The summed E-state index contributed by atoms with van der Waals surface area (Å²) in [5.41, 5.74) is 8.55. The molecule has 37 nitrogen and oxygen atoms in total. The van der Waals surface area contributed by atoms with Gasteiger partial charge in [-0.15, -0.1) is 0 Å². The molecule has 9 aromatic heterocycles. The van der Waals surface area contributed by atoms with Gasteiger partial charge in [0.15, 0.2) is 16.9 Å². The number of nitrogens with one attached hydrogen (secondary N) is 6. The number of carbonyl (C=O) groups is 8. The molecule has 0 aliphatic carbocycles. The van der Waals surface area contributed by atoms with Crippen LogP contribution in [0.1, 0.15) is 149 Å². The minimum Gasteiger partial charge on any atom is -0.443 e. The summed E-state index contributed by atoms with van der Waals surface area (Å²) in [6, 6.07) is 14.8. The standard InChI is InChI=1S/C26H33ClN8O5.C26H32N8O5.C21H24N8O3/c1-15(13-39-14-16-9-19(28)32-20(10-16)34-8-6-7-22(34)36)30-24(37)17-12-29-35-21(11-18(27)31-23(17)35)33(5)25(38)40-26(2,3)4;1-15-13-38-14-16-9-18(30-20(10-16)33-8-6-7-22(33)35)29-19-11-21(32(5)25(37)39-26(2,3)4)34-23(31-19)17(12-27-34)24(36)28-15;1-12-10-32-11-13-6-15(26-18(7-13)28-5-3-4-19(28)30)25-16-8-17(22-2)29-20(27-16)14(9-23-29)21(31)24-12/h9-12,15H,6-8,13-14H2,1-5H3,(H2,28,32)(H,30,37);9-12,15H,6-8,13-14H2,1-5H3,(H,28,36)(H,29,30,31);6-9,12,22H,3-5,10-11H2,1-2H3,(H,24,31)(H,25,26,27)/t2*15-;12-/m111/s1. The zero-order valence-electron chi connectivity index (χ0n) is 63.6. The average Bonchev–Trinajstić information content (AvgIpc) is 1.67. The van der Waals surface area contributed by atoms with E-state index >= 15 is 0 Å². The molecule has 8 bridgehead atoms. The van der Waals surface area contributed by atoms with E-state index in [4.69, 9.17) is 41.0 Å². The van der Waals surface area contributed by atoms with E-state index in [0.29, 0.717) is 121 Å². The second-order valence-corrected chi connectivity index (χ2v) is 29.6. The van der Waals surface area contributed by atoms with Crippen molar-refractivity contribution in [2.75, 3.05) is 107 Å². The van der Waals surface area contributed by atoms with Gasteiger partial charge in [0.2, 0.25) is 17.7 Å². The van der Waals surface area contributed by atoms with Crippen molar-refractivity contribution in [1.82, 2.24) is 74.7 Å². The first-order chi connectivity index (χ1) is 52.8. The Hall–Kier alpha value is -12.0. The molecular weight excluding hydrogens is 1460 g/mol. The summed E-state index contributed by atoms with van der Waals surface area (Å²) in [5, 5.41) is 31.2. The minimum absolute atomic E-state index is 0.0157. The van der Waals surface area contributed by atoms with Gasteiger partial charge in [-0.2, -0.15) is 28.8 Å². The Morgan fingerprint density at radius 1 is 0.604 bits per heavy atom. The van der Waals surface area contributed by atoms with Crippen LogP contribution in [0.5, 0.6) is 0 Å². The Morgan fingerprint density at radius 2 is 1.06 bits per heavy atom. The van der Waals surface area contributed by atoms with Gasteiger partial charge in [0.05, 0.1) is 58.2 Å². The van der Waals surface area contributed by atoms with Crippen molar-refractivity contribution in [3.8, 4) is 0 Å². The molecule has 3 saturated heterocycles. The molecule has 5 aliphatic heterocycles. The molecule has 5 aliphatic rings. The number of amides is 8. The number of nitrogens with zero attached hydrogens (tertiary/aromatic N) is 17. The van der Waals surface area contributed by atoms with Crippen LogP contribution in [-0.2, 0) is 57.9 Å². The molecule has 111 heavy (non-hydrogen) atoms. The third-order valence-corrected chi connectivity index (χ3v) is 17.8. The van der Waals surface area contributed by atoms with Crippen LogP contribution < -0.4 is 62.1 Å². The first-order valence-corrected chi connectivity index (χ1v) is 36.5. The first kappa shape index (κ1) is 78.6. The van der Waals surface area contributed by atoms with E-state index in [1.807, 2.05) is 38.1 Å². The molecule has 3 fully saturated rings. The van der Waals surface area contributed by atoms with E-state index in [-0.39, 0.29) is 107 Å². The molecular formula is C73H89ClN24O13. The monoisotopic (exact) mass is 1540 g/mol. The largest absolute Gasteiger partial charge is 0.443 e. The number of rotatable bonds is 12. The van der Waals surface area contributed by atoms with Crippen LogP contribution in [0.15, 0.2) is 73.2 Å². The lowest BCUT2D eigenvalue weighted by Gasteiger charge is -2.25. The quantitative estimate of drug-likeness (QED) is 0.0571. The second-order valence-electron chi connectivity index (χ2n) is 29.2. The van der Waals surface area contributed by atoms with Crippen molar-refractivity contribution in [2.45, 2.75) is 150 Å². The van der Waals surface area contributed by atoms with Gasteiger partial charge < -0.3 is 61.3 Å². The fraction of sp³-hybridized carbons (Fsp3) is 0.438. The zero-order chi connectivity index (χ0) is 79.3. The van der Waals surface area contributed by atoms with Gasteiger partial charge in [0.1, 0.15) is 97.0 Å². The maximum Gasteiger partial charge on any atom is 0.415 e. The summed E-state index contributed by atoms with van der Waals surface area (Å²) in [5.74, 6) is 3.98. The van der Waals surface area contributed by atoms with Crippen molar-refractivity contribution >= 4 is 140 Å². The Morgan fingerprint density at radius 3 is 1.56 bits per heavy atom. The molecule has 9 aromatic rings. The molecule has 14 heterocycles. The van der Waals surface area contributed by atoms with E-state index in [2.05, 4.69) is 77.1 Å². The number of carbonyl (C=O) groups excluding carboxylic acids is 8. The number of halogens is 1. The highest BCUT2D eigenvalue weighted by atomic mass is 35.5. The molecule has 586 valence electrons. The normalized spacial score (nSPS) is 17.1. The molecule has 0 saturated carbocycles. The van der Waals surface area contributed by atoms with Gasteiger partial charge >= 0.3 is 12.2 Å². The first-order valence-electron chi connectivity index (χ1n) is 36.1. The van der Waals surface area contributed by atoms with Crippen LogP contribution in [0.2, 0.25) is 5.15 Å². The molecule has 14 rings (SSSR count). The SMILES string of the molecule is CNc1cc2nc3c(cnn13)C(=O)N[C@H](C)COCc1cc(nc(N3CCCC3=O)c1)N2.C[C@@H]1COCc2cc(nc(N3CCCC3=O)c2)Nc2cc(N(C)C(=O)OC(C)(C)C)n3ncc(c3n2)C(=O)N1.C[C@H](COCc1cc(N)nc(N2CCCC2=O)c1)NC(=O)c1cnn2c(N(C)C(=O)OC(C)(C)C)cc(Cl)nc12. The molecule has 8 amide bonds. The number of nitrogens with two attached hydrogens (primary N) is 1. The van der Waals surface area contributed by atoms with E-state index in [1.165, 1.54) is 50.5 Å². The lowest BCUT2D eigenvalue weighted by molar-refractivity contribution is -0.117. The number of aromatic nitrogens is 12. The Bertz CT molecular complexity index is 5070. The van der Waals surface area contributed by atoms with Crippen LogP contribution in [0.3, 0.4) is 0 Å². The summed E-state index contributed by atoms with van der Waals surface area (Å²) >= 11 is 6.23. The summed E-state index contributed by atoms with van der Waals surface area (Å²) in [6.07, 6.45) is 6.91. The van der Waals surface area contributed by atoms with Crippen molar-refractivity contribution in [2.24, 2.45) is 0 Å². The predicted molar refractivity (Wildman–Crippen MR) is 411 cm³/mol. The van der Waals surface area contributed by atoms with Crippen LogP contribution in [0.25, 0.3) is 16.9 Å². The zero-order valence-corrected chi connectivity index (χ0v) is 64.4. The fourth-order valence-electron chi connectivity index (χ4n) is 12.5. The second kappa shape index (κ2) is 33.1. The summed E-state index contributed by atoms with van der Waals surface area (Å²) in [7, 11) is 4.85. The van der Waals surface area contributed by atoms with Gasteiger partial charge in [-0.25, -0.2) is 39.5 Å². The van der Waals surface area contributed by atoms with Crippen LogP contribution in [0.4, 0.5) is 73.6 Å². The predicted octanol–water partition coefficient (Wildman–Crippen LogP) is 7.89. The average molecular weight is 1550 g/mol. The number of nitrogen functional groups attached to an aromatic ring is 1. The molecule has 38 heteroatoms. The van der Waals surface area contributed by atoms with Gasteiger partial charge in [-0.05, 0) is 135 Å². The van der Waals surface area contributed by atoms with Gasteiger partial charge in [-0.1, -0.05) is 11.6 Å². The molecule has 0 radical (unpaired) electrons. The van der Waals surface area contributed by atoms with Crippen molar-refractivity contribution < 1.29 is 62.0 Å². The fourth-order valence-corrected chi connectivity index (χ4v) is 12.7. The van der Waals surface area contributed by atoms with Crippen molar-refractivity contribution in [3.05, 3.63) is 112 Å². The number of anilines is 11. The highest BCUT2D eigenvalue weighted by molar-refractivity contribution is 6.30. The van der Waals surface area contributed by atoms with Gasteiger partial charge in [0.25, 0.3) is 17.7 Å². The summed E-state index contributed by atoms with van der Waals surface area (Å²) < 4.78 is 32.8. The maximum absolute atomic E-state index is 13.1. The highest BCUT2D eigenvalue weighted by Crippen LogP contribution is 2.32. The smallest absolute Gasteiger partial charge is 0.415 e. The lowest BCUT2D eigenvalue weighted by atomic mass is 10.2. The highest BCUT2D eigenvalue weighted by Gasteiger charge is 2.32. The van der Waals surface area contributed by atoms with Crippen LogP contribution in [0, 0.1) is 0 Å². The van der Waals surface area contributed by atoms with Crippen molar-refractivity contribution in [3.63, 3.8) is 0 Å². The number of pyridine rings is 3. The van der Waals surface area contributed by atoms with Crippen LogP contribution in [-0.4, -0.2) is 196 Å². The molecule has 3 atom stereocenters. The third-order valence-electron chi connectivity index (χ3n) is 17.6. The molecule has 8 N–H and O–H groups in total. The Kier molecular flexibility index (Phi) is 23.4. The molecule has 0 unspecified atom stereocenters. The van der Waals surface area contributed by atoms with E-state index in [1.54, 1.807) is 106 Å². The molecule has 0 spiro atoms. The summed E-state index contributed by atoms with van der Waals surface area (Å²) in [4.78, 5) is 136.